The van der Waals surface area contributed by atoms with Crippen LogP contribution in [0.3, 0.4) is 0 Å². The Morgan fingerprint density at radius 1 is 1.41 bits per heavy atom. The predicted molar refractivity (Wildman–Crippen MR) is 71.2 cm³/mol. The molecule has 1 aromatic rings. The highest BCUT2D eigenvalue weighted by Crippen LogP contribution is 2.65. The summed E-state index contributed by atoms with van der Waals surface area (Å²) in [5.74, 6) is 0.0247. The average molecular weight is 291 g/mol. The number of carbonyl (C=O) groups is 1. The van der Waals surface area contributed by atoms with E-state index in [1.165, 1.54) is 0 Å². The van der Waals surface area contributed by atoms with Gasteiger partial charge in [0.25, 0.3) is 0 Å². The lowest BCUT2D eigenvalue weighted by atomic mass is 9.96. The number of rotatable bonds is 4. The third kappa shape index (κ3) is 2.05. The number of carboxylic acid groups (broad SMARTS) is 1. The van der Waals surface area contributed by atoms with E-state index in [1.807, 2.05) is 12.1 Å². The maximum atomic E-state index is 11.3. The second kappa shape index (κ2) is 4.38. The van der Waals surface area contributed by atoms with Gasteiger partial charge in [0, 0.05) is 11.3 Å². The van der Waals surface area contributed by atoms with Crippen LogP contribution in [-0.4, -0.2) is 21.2 Å². The van der Waals surface area contributed by atoms with E-state index in [4.69, 9.17) is 23.2 Å². The van der Waals surface area contributed by atoms with E-state index in [1.54, 1.807) is 23.9 Å². The first-order chi connectivity index (χ1) is 7.94. The van der Waals surface area contributed by atoms with Gasteiger partial charge in [-0.1, -0.05) is 42.3 Å². The Kier molecular flexibility index (Phi) is 3.36. The molecule has 1 aliphatic rings. The van der Waals surface area contributed by atoms with Crippen LogP contribution in [0.2, 0.25) is 0 Å². The first-order valence-corrected chi connectivity index (χ1v) is 7.03. The monoisotopic (exact) mass is 290 g/mol. The fourth-order valence-electron chi connectivity index (χ4n) is 1.96. The van der Waals surface area contributed by atoms with Crippen molar-refractivity contribution in [2.45, 2.75) is 28.0 Å². The summed E-state index contributed by atoms with van der Waals surface area (Å²) in [4.78, 5) is 12.5. The van der Waals surface area contributed by atoms with Gasteiger partial charge in [-0.05, 0) is 23.4 Å². The molecule has 5 heteroatoms. The maximum Gasteiger partial charge on any atom is 0.317 e. The van der Waals surface area contributed by atoms with Crippen LogP contribution in [0.1, 0.15) is 18.9 Å². The molecule has 1 aliphatic carbocycles. The van der Waals surface area contributed by atoms with Crippen LogP contribution in [0.15, 0.2) is 29.2 Å². The maximum absolute atomic E-state index is 11.3. The Labute approximate surface area is 114 Å². The fraction of sp³-hybridized carbons (Fsp3) is 0.417. The van der Waals surface area contributed by atoms with Gasteiger partial charge in [0.05, 0.1) is 0 Å². The van der Waals surface area contributed by atoms with E-state index < -0.39 is 15.7 Å². The van der Waals surface area contributed by atoms with Crippen LogP contribution in [0, 0.1) is 0 Å². The van der Waals surface area contributed by atoms with Crippen molar-refractivity contribution in [3.8, 4) is 0 Å². The first kappa shape index (κ1) is 13.1. The molecule has 1 atom stereocenters. The third-order valence-electron chi connectivity index (χ3n) is 3.01. The number of aliphatic carboxylic acids is 1. The molecule has 17 heavy (non-hydrogen) atoms. The number of hydrogen-bond donors (Lipinski definition) is 1. The predicted octanol–water partition coefficient (Wildman–Crippen LogP) is 3.70. The average Bonchev–Trinajstić information content (AvgIpc) is 2.85. The number of carboxylic acids is 1. The van der Waals surface area contributed by atoms with Crippen molar-refractivity contribution < 1.29 is 9.90 Å². The lowest BCUT2D eigenvalue weighted by molar-refractivity contribution is -0.140. The van der Waals surface area contributed by atoms with Gasteiger partial charge in [-0.15, -0.1) is 11.8 Å². The second-order valence-electron chi connectivity index (χ2n) is 4.05. The third-order valence-corrected chi connectivity index (χ3v) is 4.82. The lowest BCUT2D eigenvalue weighted by Gasteiger charge is -2.13. The summed E-state index contributed by atoms with van der Waals surface area (Å²) in [5, 5.41) is 9.29. The van der Waals surface area contributed by atoms with Crippen molar-refractivity contribution >= 4 is 40.9 Å². The van der Waals surface area contributed by atoms with Crippen molar-refractivity contribution in [3.63, 3.8) is 0 Å². The standard InChI is InChI=1S/C12H12Cl2O2S/c1-2-17-9-5-3-8(4-6-9)11(10(15)16)7-12(11,13)14/h3-6H,2,7H2,1H3,(H,15,16). The van der Waals surface area contributed by atoms with Crippen LogP contribution in [0.4, 0.5) is 0 Å². The van der Waals surface area contributed by atoms with Gasteiger partial charge in [-0.25, -0.2) is 0 Å². The number of alkyl halides is 2. The van der Waals surface area contributed by atoms with Gasteiger partial charge < -0.3 is 5.11 Å². The van der Waals surface area contributed by atoms with Gasteiger partial charge in [0.1, 0.15) is 9.75 Å². The Bertz CT molecular complexity index is 444. The highest BCUT2D eigenvalue weighted by atomic mass is 35.5. The normalized spacial score (nSPS) is 25.6. The van der Waals surface area contributed by atoms with Crippen LogP contribution in [0.25, 0.3) is 0 Å². The van der Waals surface area contributed by atoms with Crippen LogP contribution >= 0.6 is 35.0 Å². The molecule has 0 aromatic heterocycles. The molecule has 0 amide bonds. The van der Waals surface area contributed by atoms with Crippen molar-refractivity contribution in [2.24, 2.45) is 0 Å². The minimum atomic E-state index is -1.18. The van der Waals surface area contributed by atoms with Crippen molar-refractivity contribution in [1.29, 1.82) is 0 Å². The highest BCUT2D eigenvalue weighted by molar-refractivity contribution is 7.99. The van der Waals surface area contributed by atoms with Gasteiger partial charge in [0.2, 0.25) is 0 Å². The van der Waals surface area contributed by atoms with Gasteiger partial charge in [0.15, 0.2) is 0 Å². The summed E-state index contributed by atoms with van der Waals surface area (Å²) in [6.45, 7) is 2.07. The molecule has 92 valence electrons. The van der Waals surface area contributed by atoms with Crippen LogP contribution < -0.4 is 0 Å². The zero-order valence-corrected chi connectivity index (χ0v) is 11.6. The summed E-state index contributed by atoms with van der Waals surface area (Å²) in [7, 11) is 0. The summed E-state index contributed by atoms with van der Waals surface area (Å²) >= 11 is 13.7. The molecule has 0 aliphatic heterocycles. The van der Waals surface area contributed by atoms with E-state index in [0.29, 0.717) is 5.56 Å². The molecule has 1 unspecified atom stereocenters. The molecular weight excluding hydrogens is 279 g/mol. The highest BCUT2D eigenvalue weighted by Gasteiger charge is 2.72. The van der Waals surface area contributed by atoms with E-state index >= 15 is 0 Å². The van der Waals surface area contributed by atoms with Crippen LogP contribution in [-0.2, 0) is 10.2 Å². The molecule has 0 heterocycles. The summed E-state index contributed by atoms with van der Waals surface area (Å²) in [6.07, 6.45) is 0.263. The van der Waals surface area contributed by atoms with Crippen molar-refractivity contribution in [2.75, 3.05) is 5.75 Å². The molecule has 0 saturated heterocycles. The molecule has 1 saturated carbocycles. The second-order valence-corrected chi connectivity index (χ2v) is 6.87. The zero-order chi connectivity index (χ0) is 12.7. The Morgan fingerprint density at radius 2 is 1.94 bits per heavy atom. The Hall–Kier alpha value is -0.380. The van der Waals surface area contributed by atoms with Gasteiger partial charge in [-0.3, -0.25) is 4.79 Å². The van der Waals surface area contributed by atoms with E-state index in [9.17, 15) is 9.90 Å². The molecule has 1 fully saturated rings. The number of benzene rings is 1. The first-order valence-electron chi connectivity index (χ1n) is 5.28. The Balaban J connectivity index is 2.31. The smallest absolute Gasteiger partial charge is 0.317 e. The fourth-order valence-corrected chi connectivity index (χ4v) is 3.40. The topological polar surface area (TPSA) is 37.3 Å². The van der Waals surface area contributed by atoms with Gasteiger partial charge in [-0.2, -0.15) is 0 Å². The van der Waals surface area contributed by atoms with Crippen molar-refractivity contribution in [1.82, 2.24) is 0 Å². The summed E-state index contributed by atoms with van der Waals surface area (Å²) in [5.41, 5.74) is -0.457. The molecular formula is C12H12Cl2O2S. The zero-order valence-electron chi connectivity index (χ0n) is 9.24. The minimum absolute atomic E-state index is 0.263. The van der Waals surface area contributed by atoms with Crippen molar-refractivity contribution in [3.05, 3.63) is 29.8 Å². The Morgan fingerprint density at radius 3 is 2.29 bits per heavy atom. The molecule has 2 nitrogen and oxygen atoms in total. The number of hydrogen-bond acceptors (Lipinski definition) is 2. The van der Waals surface area contributed by atoms with Gasteiger partial charge >= 0.3 is 5.97 Å². The summed E-state index contributed by atoms with van der Waals surface area (Å²) < 4.78 is -1.18. The SMILES string of the molecule is CCSc1ccc(C2(C(=O)O)CC2(Cl)Cl)cc1. The number of halogens is 2. The van der Waals surface area contributed by atoms with Crippen LogP contribution in [0.5, 0.6) is 0 Å². The van der Waals surface area contributed by atoms with E-state index in [-0.39, 0.29) is 6.42 Å². The van der Waals surface area contributed by atoms with E-state index in [2.05, 4.69) is 6.92 Å². The molecule has 1 aromatic carbocycles. The molecule has 2 rings (SSSR count). The molecule has 1 N–H and O–H groups in total. The molecule has 0 spiro atoms. The lowest BCUT2D eigenvalue weighted by Crippen LogP contribution is -2.26. The number of thioether (sulfide) groups is 1. The molecule has 0 bridgehead atoms. The quantitative estimate of drug-likeness (QED) is 0.679. The minimum Gasteiger partial charge on any atom is -0.480 e. The van der Waals surface area contributed by atoms with E-state index in [0.717, 1.165) is 10.6 Å². The summed E-state index contributed by atoms with van der Waals surface area (Å²) in [6, 6.07) is 7.43. The largest absolute Gasteiger partial charge is 0.480 e. The molecule has 0 radical (unpaired) electrons.